The molecule has 3 aromatic rings. The van der Waals surface area contributed by atoms with E-state index in [4.69, 9.17) is 0 Å². The van der Waals surface area contributed by atoms with Crippen LogP contribution in [-0.4, -0.2) is 43.5 Å². The lowest BCUT2D eigenvalue weighted by molar-refractivity contribution is 0.0761. The summed E-state index contributed by atoms with van der Waals surface area (Å²) >= 11 is 1.76. The van der Waals surface area contributed by atoms with Crippen molar-refractivity contribution in [2.75, 3.05) is 13.1 Å². The molecular weight excluding hydrogens is 322 g/mol. The first-order valence-electron chi connectivity index (χ1n) is 8.59. The standard InChI is InChI=1S/C17H21N5OS/c1-4-21(5-2)17(23)14-19-15-13-12-10(3)7-6-8-11(12)24-16(13)18-9-22(15)20-14/h9-10H,4-8H2,1-3H3. The van der Waals surface area contributed by atoms with Gasteiger partial charge in [-0.3, -0.25) is 4.79 Å². The molecular formula is C17H21N5OS. The second-order valence-electron chi connectivity index (χ2n) is 6.34. The first kappa shape index (κ1) is 15.5. The molecule has 0 spiro atoms. The van der Waals surface area contributed by atoms with Gasteiger partial charge in [0.2, 0.25) is 5.82 Å². The fourth-order valence-corrected chi connectivity index (χ4v) is 4.92. The molecule has 3 aromatic heterocycles. The van der Waals surface area contributed by atoms with Crippen LogP contribution in [-0.2, 0) is 6.42 Å². The number of fused-ring (bicyclic) bond motifs is 5. The Hall–Kier alpha value is -2.02. The summed E-state index contributed by atoms with van der Waals surface area (Å²) in [6.07, 6.45) is 5.22. The number of amides is 1. The van der Waals surface area contributed by atoms with Crippen LogP contribution in [0.2, 0.25) is 0 Å². The van der Waals surface area contributed by atoms with Gasteiger partial charge in [0.1, 0.15) is 11.2 Å². The van der Waals surface area contributed by atoms with Gasteiger partial charge in [0.25, 0.3) is 5.91 Å². The molecule has 0 radical (unpaired) electrons. The molecule has 0 bridgehead atoms. The van der Waals surface area contributed by atoms with Crippen molar-refractivity contribution < 1.29 is 4.79 Å². The van der Waals surface area contributed by atoms with Gasteiger partial charge < -0.3 is 4.90 Å². The Morgan fingerprint density at radius 2 is 2.21 bits per heavy atom. The summed E-state index contributed by atoms with van der Waals surface area (Å²) in [6, 6.07) is 0. The zero-order chi connectivity index (χ0) is 16.8. The molecule has 0 aromatic carbocycles. The number of rotatable bonds is 3. The molecule has 126 valence electrons. The van der Waals surface area contributed by atoms with Crippen molar-refractivity contribution in [1.29, 1.82) is 0 Å². The zero-order valence-electron chi connectivity index (χ0n) is 14.2. The Kier molecular flexibility index (Phi) is 3.75. The topological polar surface area (TPSA) is 63.4 Å². The first-order chi connectivity index (χ1) is 11.6. The monoisotopic (exact) mass is 343 g/mol. The molecule has 0 saturated heterocycles. The number of nitrogens with zero attached hydrogens (tertiary/aromatic N) is 5. The second-order valence-corrected chi connectivity index (χ2v) is 7.42. The van der Waals surface area contributed by atoms with Crippen LogP contribution in [0.25, 0.3) is 15.9 Å². The fraction of sp³-hybridized carbons (Fsp3) is 0.529. The third-order valence-electron chi connectivity index (χ3n) is 4.92. The lowest BCUT2D eigenvalue weighted by Gasteiger charge is -2.18. The van der Waals surface area contributed by atoms with Crippen LogP contribution in [0, 0.1) is 0 Å². The van der Waals surface area contributed by atoms with Crippen molar-refractivity contribution in [2.45, 2.75) is 46.0 Å². The van der Waals surface area contributed by atoms with Crippen LogP contribution in [0.15, 0.2) is 6.33 Å². The van der Waals surface area contributed by atoms with E-state index in [1.807, 2.05) is 13.8 Å². The summed E-state index contributed by atoms with van der Waals surface area (Å²) in [6.45, 7) is 7.51. The van der Waals surface area contributed by atoms with Crippen LogP contribution in [0.5, 0.6) is 0 Å². The number of carbonyl (C=O) groups is 1. The van der Waals surface area contributed by atoms with Crippen molar-refractivity contribution in [1.82, 2.24) is 24.5 Å². The van der Waals surface area contributed by atoms with E-state index in [-0.39, 0.29) is 11.7 Å². The van der Waals surface area contributed by atoms with Gasteiger partial charge in [-0.25, -0.2) is 14.5 Å². The number of aryl methyl sites for hydroxylation is 1. The Bertz CT molecular complexity index is 924. The predicted molar refractivity (Wildman–Crippen MR) is 94.8 cm³/mol. The van der Waals surface area contributed by atoms with E-state index in [0.717, 1.165) is 22.3 Å². The van der Waals surface area contributed by atoms with Crippen LogP contribution in [0.1, 0.15) is 60.6 Å². The van der Waals surface area contributed by atoms with Gasteiger partial charge in [-0.1, -0.05) is 6.92 Å². The molecule has 1 unspecified atom stereocenters. The highest BCUT2D eigenvalue weighted by Crippen LogP contribution is 2.42. The van der Waals surface area contributed by atoms with Crippen molar-refractivity contribution in [2.24, 2.45) is 0 Å². The van der Waals surface area contributed by atoms with E-state index < -0.39 is 0 Å². The fourth-order valence-electron chi connectivity index (χ4n) is 3.63. The van der Waals surface area contributed by atoms with Gasteiger partial charge in [-0.05, 0) is 44.6 Å². The summed E-state index contributed by atoms with van der Waals surface area (Å²) in [7, 11) is 0. The molecule has 24 heavy (non-hydrogen) atoms. The molecule has 0 saturated carbocycles. The van der Waals surface area contributed by atoms with Crippen LogP contribution < -0.4 is 0 Å². The second kappa shape index (κ2) is 5.81. The number of hydrogen-bond acceptors (Lipinski definition) is 5. The van der Waals surface area contributed by atoms with Gasteiger partial charge in [-0.2, -0.15) is 0 Å². The third kappa shape index (κ3) is 2.22. The molecule has 3 heterocycles. The Labute approximate surface area is 144 Å². The number of aromatic nitrogens is 4. The quantitative estimate of drug-likeness (QED) is 0.732. The Morgan fingerprint density at radius 1 is 1.42 bits per heavy atom. The molecule has 1 aliphatic carbocycles. The van der Waals surface area contributed by atoms with Crippen LogP contribution in [0.3, 0.4) is 0 Å². The minimum Gasteiger partial charge on any atom is -0.336 e. The van der Waals surface area contributed by atoms with Gasteiger partial charge in [0.05, 0.1) is 5.39 Å². The third-order valence-corrected chi connectivity index (χ3v) is 6.09. The predicted octanol–water partition coefficient (Wildman–Crippen LogP) is 3.26. The number of thiophene rings is 1. The molecule has 0 aliphatic heterocycles. The summed E-state index contributed by atoms with van der Waals surface area (Å²) in [5.41, 5.74) is 2.13. The van der Waals surface area contributed by atoms with Crippen LogP contribution in [0.4, 0.5) is 0 Å². The normalized spacial score (nSPS) is 17.4. The lowest BCUT2D eigenvalue weighted by atomic mass is 9.87. The van der Waals surface area contributed by atoms with E-state index in [9.17, 15) is 4.79 Å². The maximum atomic E-state index is 12.6. The smallest absolute Gasteiger partial charge is 0.293 e. The van der Waals surface area contributed by atoms with E-state index >= 15 is 0 Å². The molecule has 7 heteroatoms. The maximum Gasteiger partial charge on any atom is 0.293 e. The van der Waals surface area contributed by atoms with E-state index in [0.29, 0.717) is 19.0 Å². The summed E-state index contributed by atoms with van der Waals surface area (Å²) in [4.78, 5) is 25.9. The molecule has 6 nitrogen and oxygen atoms in total. The minimum atomic E-state index is -0.117. The highest BCUT2D eigenvalue weighted by atomic mass is 32.1. The van der Waals surface area contributed by atoms with Gasteiger partial charge >= 0.3 is 0 Å². The highest BCUT2D eigenvalue weighted by molar-refractivity contribution is 7.19. The van der Waals surface area contributed by atoms with Crippen molar-refractivity contribution in [3.63, 3.8) is 0 Å². The first-order valence-corrected chi connectivity index (χ1v) is 9.41. The largest absolute Gasteiger partial charge is 0.336 e. The average molecular weight is 343 g/mol. The van der Waals surface area contributed by atoms with Gasteiger partial charge in [0, 0.05) is 18.0 Å². The van der Waals surface area contributed by atoms with Crippen molar-refractivity contribution >= 4 is 33.1 Å². The highest BCUT2D eigenvalue weighted by Gasteiger charge is 2.26. The number of carbonyl (C=O) groups excluding carboxylic acids is 1. The molecule has 0 fully saturated rings. The molecule has 1 amide bonds. The maximum absolute atomic E-state index is 12.6. The molecule has 1 aliphatic rings. The molecule has 4 rings (SSSR count). The van der Waals surface area contributed by atoms with Crippen LogP contribution >= 0.6 is 11.3 Å². The number of hydrogen-bond donors (Lipinski definition) is 0. The minimum absolute atomic E-state index is 0.117. The summed E-state index contributed by atoms with van der Waals surface area (Å²) in [5, 5.41) is 5.48. The zero-order valence-corrected chi connectivity index (χ0v) is 15.1. The summed E-state index contributed by atoms with van der Waals surface area (Å²) in [5.74, 6) is 0.652. The Balaban J connectivity index is 1.92. The van der Waals surface area contributed by atoms with E-state index in [2.05, 4.69) is 22.0 Å². The van der Waals surface area contributed by atoms with E-state index in [1.54, 1.807) is 27.1 Å². The van der Waals surface area contributed by atoms with Gasteiger partial charge in [0.15, 0.2) is 5.65 Å². The molecule has 1 atom stereocenters. The average Bonchev–Trinajstić information content (AvgIpc) is 3.17. The SMILES string of the molecule is CCN(CC)C(=O)c1nc2c3c4c(sc3ncn2n1)CCCC4C. The lowest BCUT2D eigenvalue weighted by Crippen LogP contribution is -2.31. The van der Waals surface area contributed by atoms with E-state index in [1.165, 1.54) is 23.3 Å². The Morgan fingerprint density at radius 3 is 2.96 bits per heavy atom. The van der Waals surface area contributed by atoms with Gasteiger partial charge in [-0.15, -0.1) is 16.4 Å². The van der Waals surface area contributed by atoms with Crippen molar-refractivity contribution in [3.8, 4) is 0 Å². The van der Waals surface area contributed by atoms with Crippen molar-refractivity contribution in [3.05, 3.63) is 22.6 Å². The molecule has 0 N–H and O–H groups in total. The summed E-state index contributed by atoms with van der Waals surface area (Å²) < 4.78 is 1.66.